The first-order valence-electron chi connectivity index (χ1n) is 6.41. The lowest BCUT2D eigenvalue weighted by atomic mass is 10.1. The predicted molar refractivity (Wildman–Crippen MR) is 81.2 cm³/mol. The zero-order chi connectivity index (χ0) is 15.4. The summed E-state index contributed by atoms with van der Waals surface area (Å²) in [5.41, 5.74) is 1.48. The number of halogens is 2. The molecule has 2 aromatic carbocycles. The Hall–Kier alpha value is -2.07. The van der Waals surface area contributed by atoms with E-state index in [1.54, 1.807) is 36.4 Å². The molecule has 1 atom stereocenters. The SMILES string of the molecule is COC(=O)c1cc(NC(C)c2ccccc2F)ccc1Cl. The summed E-state index contributed by atoms with van der Waals surface area (Å²) >= 11 is 5.96. The van der Waals surface area contributed by atoms with Crippen molar-refractivity contribution in [1.29, 1.82) is 0 Å². The number of hydrogen-bond acceptors (Lipinski definition) is 3. The fraction of sp³-hybridized carbons (Fsp3) is 0.188. The van der Waals surface area contributed by atoms with Crippen LogP contribution in [0.3, 0.4) is 0 Å². The van der Waals surface area contributed by atoms with Crippen LogP contribution in [0.4, 0.5) is 10.1 Å². The highest BCUT2D eigenvalue weighted by atomic mass is 35.5. The Bertz CT molecular complexity index is 660. The molecule has 0 fully saturated rings. The van der Waals surface area contributed by atoms with Crippen molar-refractivity contribution >= 4 is 23.3 Å². The van der Waals surface area contributed by atoms with Crippen molar-refractivity contribution in [3.8, 4) is 0 Å². The fourth-order valence-corrected chi connectivity index (χ4v) is 2.23. The normalized spacial score (nSPS) is 11.8. The van der Waals surface area contributed by atoms with Gasteiger partial charge in [0.1, 0.15) is 5.82 Å². The summed E-state index contributed by atoms with van der Waals surface area (Å²) in [5, 5.41) is 3.45. The Balaban J connectivity index is 2.24. The molecule has 110 valence electrons. The smallest absolute Gasteiger partial charge is 0.339 e. The van der Waals surface area contributed by atoms with Crippen LogP contribution in [0.2, 0.25) is 5.02 Å². The van der Waals surface area contributed by atoms with Gasteiger partial charge in [-0.25, -0.2) is 9.18 Å². The first-order valence-corrected chi connectivity index (χ1v) is 6.79. The minimum atomic E-state index is -0.512. The van der Waals surface area contributed by atoms with Gasteiger partial charge >= 0.3 is 5.97 Å². The van der Waals surface area contributed by atoms with Gasteiger partial charge in [-0.05, 0) is 31.2 Å². The van der Waals surface area contributed by atoms with Crippen LogP contribution in [0, 0.1) is 5.82 Å². The highest BCUT2D eigenvalue weighted by Gasteiger charge is 2.14. The maximum Gasteiger partial charge on any atom is 0.339 e. The van der Waals surface area contributed by atoms with E-state index in [1.165, 1.54) is 13.2 Å². The van der Waals surface area contributed by atoms with Crippen LogP contribution in [0.15, 0.2) is 42.5 Å². The van der Waals surface area contributed by atoms with E-state index in [-0.39, 0.29) is 17.4 Å². The number of nitrogens with one attached hydrogen (secondary N) is 1. The minimum Gasteiger partial charge on any atom is -0.465 e. The van der Waals surface area contributed by atoms with E-state index in [0.29, 0.717) is 16.3 Å². The number of carbonyl (C=O) groups excluding carboxylic acids is 1. The number of benzene rings is 2. The van der Waals surface area contributed by atoms with Crippen LogP contribution in [0.1, 0.15) is 28.9 Å². The van der Waals surface area contributed by atoms with Gasteiger partial charge < -0.3 is 10.1 Å². The molecule has 0 radical (unpaired) electrons. The van der Waals surface area contributed by atoms with E-state index < -0.39 is 5.97 Å². The third-order valence-electron chi connectivity index (χ3n) is 3.13. The van der Waals surface area contributed by atoms with Gasteiger partial charge in [-0.2, -0.15) is 0 Å². The average molecular weight is 308 g/mol. The topological polar surface area (TPSA) is 38.3 Å². The molecule has 2 rings (SSSR count). The Labute approximate surface area is 127 Å². The van der Waals surface area contributed by atoms with Crippen molar-refractivity contribution in [2.45, 2.75) is 13.0 Å². The lowest BCUT2D eigenvalue weighted by molar-refractivity contribution is 0.0601. The first kappa shape index (κ1) is 15.3. The molecule has 0 amide bonds. The molecule has 0 aromatic heterocycles. The van der Waals surface area contributed by atoms with Crippen LogP contribution < -0.4 is 5.32 Å². The van der Waals surface area contributed by atoms with Crippen molar-refractivity contribution < 1.29 is 13.9 Å². The highest BCUT2D eigenvalue weighted by molar-refractivity contribution is 6.33. The van der Waals surface area contributed by atoms with Crippen molar-refractivity contribution in [3.63, 3.8) is 0 Å². The third kappa shape index (κ3) is 3.52. The zero-order valence-corrected chi connectivity index (χ0v) is 12.4. The van der Waals surface area contributed by atoms with Gasteiger partial charge in [0.15, 0.2) is 0 Å². The lowest BCUT2D eigenvalue weighted by Gasteiger charge is -2.17. The molecule has 1 N–H and O–H groups in total. The van der Waals surface area contributed by atoms with Gasteiger partial charge in [0.2, 0.25) is 0 Å². The number of methoxy groups -OCH3 is 1. The summed E-state index contributed by atoms with van der Waals surface area (Å²) in [6, 6.07) is 11.2. The zero-order valence-electron chi connectivity index (χ0n) is 11.7. The Morgan fingerprint density at radius 1 is 1.29 bits per heavy atom. The molecule has 0 aliphatic carbocycles. The number of carbonyl (C=O) groups is 1. The van der Waals surface area contributed by atoms with Crippen LogP contribution in [-0.4, -0.2) is 13.1 Å². The number of esters is 1. The standard InChI is InChI=1S/C16H15ClFNO2/c1-10(12-5-3-4-6-15(12)18)19-11-7-8-14(17)13(9-11)16(20)21-2/h3-10,19H,1-2H3. The van der Waals surface area contributed by atoms with Crippen LogP contribution in [0.25, 0.3) is 0 Å². The maximum absolute atomic E-state index is 13.7. The van der Waals surface area contributed by atoms with Crippen molar-refractivity contribution in [3.05, 3.63) is 64.4 Å². The summed E-state index contributed by atoms with van der Waals surface area (Å²) < 4.78 is 18.4. The number of ether oxygens (including phenoxy) is 1. The molecule has 2 aromatic rings. The molecule has 0 aliphatic rings. The monoisotopic (exact) mass is 307 g/mol. The van der Waals surface area contributed by atoms with E-state index in [9.17, 15) is 9.18 Å². The minimum absolute atomic E-state index is 0.252. The maximum atomic E-state index is 13.7. The summed E-state index contributed by atoms with van der Waals surface area (Å²) in [6.07, 6.45) is 0. The Morgan fingerprint density at radius 3 is 2.67 bits per heavy atom. The van der Waals surface area contributed by atoms with Crippen LogP contribution in [-0.2, 0) is 4.74 Å². The van der Waals surface area contributed by atoms with Gasteiger partial charge in [-0.3, -0.25) is 0 Å². The Morgan fingerprint density at radius 2 is 2.00 bits per heavy atom. The molecule has 0 saturated heterocycles. The van der Waals surface area contributed by atoms with E-state index >= 15 is 0 Å². The van der Waals surface area contributed by atoms with E-state index in [1.807, 2.05) is 6.92 Å². The second kappa shape index (κ2) is 6.59. The quantitative estimate of drug-likeness (QED) is 0.849. The lowest BCUT2D eigenvalue weighted by Crippen LogP contribution is -2.10. The summed E-state index contributed by atoms with van der Waals surface area (Å²) in [5.74, 6) is -0.790. The molecule has 21 heavy (non-hydrogen) atoms. The van der Waals surface area contributed by atoms with Gasteiger partial charge in [0.05, 0.1) is 23.7 Å². The largest absolute Gasteiger partial charge is 0.465 e. The summed E-state index contributed by atoms with van der Waals surface area (Å²) in [7, 11) is 1.29. The number of hydrogen-bond donors (Lipinski definition) is 1. The third-order valence-corrected chi connectivity index (χ3v) is 3.46. The molecule has 0 bridgehead atoms. The van der Waals surface area contributed by atoms with Crippen LogP contribution >= 0.6 is 11.6 Å². The van der Waals surface area contributed by atoms with Gasteiger partial charge in [0.25, 0.3) is 0 Å². The molecule has 1 unspecified atom stereocenters. The average Bonchev–Trinajstić information content (AvgIpc) is 2.48. The van der Waals surface area contributed by atoms with Crippen molar-refractivity contribution in [1.82, 2.24) is 0 Å². The number of rotatable bonds is 4. The number of anilines is 1. The fourth-order valence-electron chi connectivity index (χ4n) is 2.04. The van der Waals surface area contributed by atoms with Gasteiger partial charge in [0, 0.05) is 11.3 Å². The van der Waals surface area contributed by atoms with Gasteiger partial charge in [-0.1, -0.05) is 29.8 Å². The summed E-state index contributed by atoms with van der Waals surface area (Å²) in [6.45, 7) is 1.84. The summed E-state index contributed by atoms with van der Waals surface area (Å²) in [4.78, 5) is 11.6. The molecular formula is C16H15ClFNO2. The van der Waals surface area contributed by atoms with Crippen molar-refractivity contribution in [2.75, 3.05) is 12.4 Å². The molecule has 3 nitrogen and oxygen atoms in total. The van der Waals surface area contributed by atoms with E-state index in [0.717, 1.165) is 0 Å². The predicted octanol–water partition coefficient (Wildman–Crippen LogP) is 4.44. The highest BCUT2D eigenvalue weighted by Crippen LogP contribution is 2.25. The van der Waals surface area contributed by atoms with E-state index in [2.05, 4.69) is 10.1 Å². The van der Waals surface area contributed by atoms with Crippen LogP contribution in [0.5, 0.6) is 0 Å². The molecule has 0 spiro atoms. The second-order valence-electron chi connectivity index (χ2n) is 4.57. The molecule has 5 heteroatoms. The van der Waals surface area contributed by atoms with E-state index in [4.69, 9.17) is 11.6 Å². The Kier molecular flexibility index (Phi) is 4.81. The van der Waals surface area contributed by atoms with Crippen molar-refractivity contribution in [2.24, 2.45) is 0 Å². The molecule has 0 heterocycles. The van der Waals surface area contributed by atoms with Gasteiger partial charge in [-0.15, -0.1) is 0 Å². The molecule has 0 aliphatic heterocycles. The molecular weight excluding hydrogens is 293 g/mol. The second-order valence-corrected chi connectivity index (χ2v) is 4.98. The molecule has 0 saturated carbocycles. The first-order chi connectivity index (χ1) is 10.0.